The predicted octanol–water partition coefficient (Wildman–Crippen LogP) is 2.97. The van der Waals surface area contributed by atoms with Gasteiger partial charge in [-0.25, -0.2) is 9.78 Å². The number of carbonyl (C=O) groups excluding carboxylic acids is 1. The summed E-state index contributed by atoms with van der Waals surface area (Å²) in [5, 5.41) is 3.52. The summed E-state index contributed by atoms with van der Waals surface area (Å²) in [6, 6.07) is 0.952. The summed E-state index contributed by atoms with van der Waals surface area (Å²) in [5.41, 5.74) is 5.62. The van der Waals surface area contributed by atoms with E-state index in [9.17, 15) is 4.79 Å². The Bertz CT molecular complexity index is 467. The number of anilines is 2. The molecule has 0 spiro atoms. The van der Waals surface area contributed by atoms with Crippen molar-refractivity contribution in [1.82, 2.24) is 4.98 Å². The van der Waals surface area contributed by atoms with Gasteiger partial charge in [0.1, 0.15) is 17.7 Å². The van der Waals surface area contributed by atoms with Gasteiger partial charge in [-0.2, -0.15) is 0 Å². The monoisotopic (exact) mass is 305 g/mol. The van der Waals surface area contributed by atoms with Crippen LogP contribution in [0.4, 0.5) is 11.6 Å². The highest BCUT2D eigenvalue weighted by Crippen LogP contribution is 2.28. The van der Waals surface area contributed by atoms with E-state index < -0.39 is 6.04 Å². The van der Waals surface area contributed by atoms with E-state index in [1.54, 1.807) is 0 Å². The first-order chi connectivity index (χ1) is 8.85. The minimum absolute atomic E-state index is 0.154. The van der Waals surface area contributed by atoms with Crippen LogP contribution in [-0.2, 0) is 9.53 Å². The minimum Gasteiger partial charge on any atom is -0.467 e. The normalized spacial score (nSPS) is 12.3. The van der Waals surface area contributed by atoms with Crippen LogP contribution in [0, 0.1) is 5.92 Å². The molecule has 0 saturated heterocycles. The van der Waals surface area contributed by atoms with Gasteiger partial charge in [-0.3, -0.25) is 0 Å². The van der Waals surface area contributed by atoms with Crippen molar-refractivity contribution in [1.29, 1.82) is 0 Å². The number of nitrogens with zero attached hydrogens (tertiary/aromatic N) is 1. The number of esters is 1. The van der Waals surface area contributed by atoms with Gasteiger partial charge >= 0.3 is 5.97 Å². The van der Waals surface area contributed by atoms with Crippen LogP contribution in [0.5, 0.6) is 0 Å². The molecule has 5 nitrogen and oxygen atoms in total. The molecule has 1 rings (SSSR count). The summed E-state index contributed by atoms with van der Waals surface area (Å²) in [6.45, 7) is 4.01. The van der Waals surface area contributed by atoms with Gasteiger partial charge in [0.25, 0.3) is 0 Å². The van der Waals surface area contributed by atoms with Gasteiger partial charge < -0.3 is 15.8 Å². The molecule has 0 amide bonds. The molecule has 1 aromatic heterocycles. The van der Waals surface area contributed by atoms with Gasteiger partial charge in [0.05, 0.1) is 17.2 Å². The van der Waals surface area contributed by atoms with Crippen LogP contribution < -0.4 is 11.1 Å². The molecule has 0 aliphatic carbocycles. The van der Waals surface area contributed by atoms with E-state index in [2.05, 4.69) is 10.3 Å². The molecule has 3 N–H and O–H groups in total. The fraction of sp³-hybridized carbons (Fsp3) is 0.500. The summed E-state index contributed by atoms with van der Waals surface area (Å²) in [4.78, 5) is 15.7. The van der Waals surface area contributed by atoms with Gasteiger partial charge in [-0.1, -0.05) is 37.0 Å². The Balaban J connectivity index is 2.96. The van der Waals surface area contributed by atoms with E-state index in [1.165, 1.54) is 13.2 Å². The molecule has 0 fully saturated rings. The molecule has 7 heteroatoms. The maximum atomic E-state index is 11.7. The smallest absolute Gasteiger partial charge is 0.328 e. The lowest BCUT2D eigenvalue weighted by atomic mass is 10.0. The first-order valence-electron chi connectivity index (χ1n) is 5.81. The van der Waals surface area contributed by atoms with Crippen LogP contribution in [0.25, 0.3) is 0 Å². The number of ether oxygens (including phenoxy) is 1. The lowest BCUT2D eigenvalue weighted by Gasteiger charge is -2.19. The Morgan fingerprint density at radius 3 is 2.63 bits per heavy atom. The number of nitrogen functional groups attached to an aromatic ring is 1. The maximum absolute atomic E-state index is 11.7. The van der Waals surface area contributed by atoms with E-state index >= 15 is 0 Å². The number of carbonyl (C=O) groups is 1. The molecule has 0 aromatic carbocycles. The van der Waals surface area contributed by atoms with Crippen molar-refractivity contribution in [3.8, 4) is 0 Å². The van der Waals surface area contributed by atoms with Gasteiger partial charge in [0.2, 0.25) is 0 Å². The van der Waals surface area contributed by atoms with E-state index in [0.29, 0.717) is 23.2 Å². The molecule has 1 unspecified atom stereocenters. The zero-order chi connectivity index (χ0) is 14.6. The Labute approximate surface area is 122 Å². The number of nitrogens with two attached hydrogens (primary N) is 1. The SMILES string of the molecule is COC(=O)C(CC(C)C)Nc1nc(N)c(Cl)cc1Cl. The first-order valence-corrected chi connectivity index (χ1v) is 6.56. The fourth-order valence-corrected chi connectivity index (χ4v) is 1.99. The second kappa shape index (κ2) is 6.82. The Morgan fingerprint density at radius 2 is 2.11 bits per heavy atom. The maximum Gasteiger partial charge on any atom is 0.328 e. The van der Waals surface area contributed by atoms with Gasteiger partial charge in [-0.15, -0.1) is 0 Å². The zero-order valence-corrected chi connectivity index (χ0v) is 12.5. The second-order valence-electron chi connectivity index (χ2n) is 4.54. The molecule has 0 aliphatic rings. The predicted molar refractivity (Wildman–Crippen MR) is 77.6 cm³/mol. The summed E-state index contributed by atoms with van der Waals surface area (Å²) in [5.74, 6) is 0.404. The summed E-state index contributed by atoms with van der Waals surface area (Å²) < 4.78 is 4.75. The van der Waals surface area contributed by atoms with Crippen LogP contribution in [0.2, 0.25) is 10.0 Å². The molecule has 0 radical (unpaired) electrons. The minimum atomic E-state index is -0.532. The molecule has 19 heavy (non-hydrogen) atoms. The number of halogens is 2. The fourth-order valence-electron chi connectivity index (χ4n) is 1.57. The lowest BCUT2D eigenvalue weighted by molar-refractivity contribution is -0.141. The van der Waals surface area contributed by atoms with Crippen LogP contribution >= 0.6 is 23.2 Å². The molecular formula is C12H17Cl2N3O2. The van der Waals surface area contributed by atoms with Crippen molar-refractivity contribution in [2.24, 2.45) is 5.92 Å². The number of pyridine rings is 1. The van der Waals surface area contributed by atoms with E-state index in [1.807, 2.05) is 13.8 Å². The van der Waals surface area contributed by atoms with Crippen molar-refractivity contribution in [2.75, 3.05) is 18.2 Å². The van der Waals surface area contributed by atoms with Crippen molar-refractivity contribution in [2.45, 2.75) is 26.3 Å². The van der Waals surface area contributed by atoms with Crippen LogP contribution in [0.3, 0.4) is 0 Å². The molecule has 0 aliphatic heterocycles. The average Bonchev–Trinajstić information content (AvgIpc) is 2.33. The van der Waals surface area contributed by atoms with Crippen LogP contribution in [-0.4, -0.2) is 24.1 Å². The number of nitrogens with one attached hydrogen (secondary N) is 1. The molecule has 0 bridgehead atoms. The number of hydrogen-bond donors (Lipinski definition) is 2. The number of hydrogen-bond acceptors (Lipinski definition) is 5. The van der Waals surface area contributed by atoms with Crippen LogP contribution in [0.15, 0.2) is 6.07 Å². The van der Waals surface area contributed by atoms with Gasteiger partial charge in [-0.05, 0) is 18.4 Å². The topological polar surface area (TPSA) is 77.2 Å². The number of methoxy groups -OCH3 is 1. The largest absolute Gasteiger partial charge is 0.467 e. The molecule has 1 heterocycles. The summed E-state index contributed by atoms with van der Waals surface area (Å²) in [7, 11) is 1.34. The Kier molecular flexibility index (Phi) is 5.69. The third kappa shape index (κ3) is 4.44. The van der Waals surface area contributed by atoms with E-state index in [0.717, 1.165) is 0 Å². The molecular weight excluding hydrogens is 289 g/mol. The van der Waals surface area contributed by atoms with Gasteiger partial charge in [0.15, 0.2) is 0 Å². The molecule has 1 aromatic rings. The summed E-state index contributed by atoms with van der Waals surface area (Å²) in [6.07, 6.45) is 0.590. The Hall–Kier alpha value is -1.20. The first kappa shape index (κ1) is 15.9. The third-order valence-corrected chi connectivity index (χ3v) is 3.05. The standard InChI is InChI=1S/C12H17Cl2N3O2/c1-6(2)4-9(12(18)19-3)16-11-8(14)5-7(13)10(15)17-11/h5-6,9H,4H2,1-3H3,(H3,15,16,17). The third-order valence-electron chi connectivity index (χ3n) is 2.46. The van der Waals surface area contributed by atoms with E-state index in [-0.39, 0.29) is 16.8 Å². The van der Waals surface area contributed by atoms with E-state index in [4.69, 9.17) is 33.7 Å². The lowest BCUT2D eigenvalue weighted by Crippen LogP contribution is -2.32. The van der Waals surface area contributed by atoms with Gasteiger partial charge in [0, 0.05) is 0 Å². The second-order valence-corrected chi connectivity index (χ2v) is 5.35. The van der Waals surface area contributed by atoms with Crippen LogP contribution in [0.1, 0.15) is 20.3 Å². The highest BCUT2D eigenvalue weighted by atomic mass is 35.5. The summed E-state index contributed by atoms with van der Waals surface area (Å²) >= 11 is 11.8. The highest BCUT2D eigenvalue weighted by molar-refractivity contribution is 6.37. The average molecular weight is 306 g/mol. The molecule has 106 valence electrons. The highest BCUT2D eigenvalue weighted by Gasteiger charge is 2.22. The quantitative estimate of drug-likeness (QED) is 0.818. The number of aromatic nitrogens is 1. The number of rotatable bonds is 5. The molecule has 0 saturated carbocycles. The van der Waals surface area contributed by atoms with Crippen molar-refractivity contribution in [3.05, 3.63) is 16.1 Å². The van der Waals surface area contributed by atoms with Crippen molar-refractivity contribution < 1.29 is 9.53 Å². The Morgan fingerprint density at radius 1 is 1.47 bits per heavy atom. The van der Waals surface area contributed by atoms with Crippen molar-refractivity contribution in [3.63, 3.8) is 0 Å². The van der Waals surface area contributed by atoms with Crippen molar-refractivity contribution >= 4 is 40.8 Å². The zero-order valence-electron chi connectivity index (χ0n) is 11.0. The molecule has 1 atom stereocenters.